The zero-order valence-corrected chi connectivity index (χ0v) is 9.76. The Kier molecular flexibility index (Phi) is 3.58. The molecule has 1 fully saturated rings. The van der Waals surface area contributed by atoms with Crippen LogP contribution in [0.2, 0.25) is 0 Å². The number of hydrogen-bond donors (Lipinski definition) is 1. The molecule has 0 amide bonds. The first-order valence-corrected chi connectivity index (χ1v) is 5.66. The highest BCUT2D eigenvalue weighted by molar-refractivity contribution is 5.54. The quantitative estimate of drug-likeness (QED) is 0.631. The number of nitro groups is 1. The SMILES string of the molecule is Cn1cc([N+](=O)[O-])c(NCC2CCOCC2)n1. The normalized spacial score (nSPS) is 17.0. The van der Waals surface area contributed by atoms with Gasteiger partial charge in [-0.2, -0.15) is 0 Å². The van der Waals surface area contributed by atoms with Crippen LogP contribution in [0.15, 0.2) is 6.20 Å². The van der Waals surface area contributed by atoms with Crippen molar-refractivity contribution in [3.05, 3.63) is 16.3 Å². The summed E-state index contributed by atoms with van der Waals surface area (Å²) in [4.78, 5) is 10.4. The lowest BCUT2D eigenvalue weighted by atomic mass is 10.0. The van der Waals surface area contributed by atoms with E-state index in [1.165, 1.54) is 10.9 Å². The Bertz CT molecular complexity index is 398. The van der Waals surface area contributed by atoms with Crippen LogP contribution in [0.25, 0.3) is 0 Å². The van der Waals surface area contributed by atoms with Gasteiger partial charge in [-0.1, -0.05) is 0 Å². The molecule has 1 aromatic rings. The van der Waals surface area contributed by atoms with Crippen LogP contribution in [-0.2, 0) is 11.8 Å². The summed E-state index contributed by atoms with van der Waals surface area (Å²) in [6.07, 6.45) is 3.40. The van der Waals surface area contributed by atoms with E-state index in [0.29, 0.717) is 18.3 Å². The average molecular weight is 240 g/mol. The zero-order chi connectivity index (χ0) is 12.3. The summed E-state index contributed by atoms with van der Waals surface area (Å²) in [5, 5.41) is 17.9. The maximum Gasteiger partial charge on any atom is 0.330 e. The molecule has 0 radical (unpaired) electrons. The highest BCUT2D eigenvalue weighted by atomic mass is 16.6. The second-order valence-electron chi connectivity index (χ2n) is 4.23. The molecule has 1 aliphatic heterocycles. The van der Waals surface area contributed by atoms with E-state index >= 15 is 0 Å². The van der Waals surface area contributed by atoms with Gasteiger partial charge in [-0.25, -0.2) is 0 Å². The van der Waals surface area contributed by atoms with Gasteiger partial charge in [-0.05, 0) is 18.8 Å². The molecule has 2 rings (SSSR count). The van der Waals surface area contributed by atoms with Gasteiger partial charge in [0.15, 0.2) is 0 Å². The largest absolute Gasteiger partial charge is 0.381 e. The van der Waals surface area contributed by atoms with Gasteiger partial charge in [-0.15, -0.1) is 5.10 Å². The summed E-state index contributed by atoms with van der Waals surface area (Å²) in [7, 11) is 1.67. The molecule has 7 nitrogen and oxygen atoms in total. The van der Waals surface area contributed by atoms with Crippen molar-refractivity contribution >= 4 is 11.5 Å². The van der Waals surface area contributed by atoms with Gasteiger partial charge in [0.2, 0.25) is 5.82 Å². The first-order chi connectivity index (χ1) is 8.16. The standard InChI is InChI=1S/C10H16N4O3/c1-13-7-9(14(15)16)10(12-13)11-6-8-2-4-17-5-3-8/h7-8H,2-6H2,1H3,(H,11,12). The molecule has 7 heteroatoms. The molecule has 2 heterocycles. The molecule has 1 aromatic heterocycles. The second kappa shape index (κ2) is 5.13. The third-order valence-corrected chi connectivity index (χ3v) is 2.91. The van der Waals surface area contributed by atoms with Crippen LogP contribution in [0.3, 0.4) is 0 Å². The van der Waals surface area contributed by atoms with Crippen LogP contribution < -0.4 is 5.32 Å². The summed E-state index contributed by atoms with van der Waals surface area (Å²) < 4.78 is 6.71. The van der Waals surface area contributed by atoms with Gasteiger partial charge in [0.05, 0.1) is 4.92 Å². The van der Waals surface area contributed by atoms with Gasteiger partial charge >= 0.3 is 5.69 Å². The zero-order valence-electron chi connectivity index (χ0n) is 9.76. The predicted molar refractivity (Wildman–Crippen MR) is 61.9 cm³/mol. The highest BCUT2D eigenvalue weighted by Crippen LogP contribution is 2.23. The smallest absolute Gasteiger partial charge is 0.330 e. The number of nitrogens with one attached hydrogen (secondary N) is 1. The van der Waals surface area contributed by atoms with Crippen molar-refractivity contribution in [3.63, 3.8) is 0 Å². The van der Waals surface area contributed by atoms with Crippen molar-refractivity contribution < 1.29 is 9.66 Å². The van der Waals surface area contributed by atoms with E-state index in [1.54, 1.807) is 7.05 Å². The Morgan fingerprint density at radius 2 is 2.35 bits per heavy atom. The molecule has 94 valence electrons. The van der Waals surface area contributed by atoms with Crippen molar-refractivity contribution in [1.29, 1.82) is 0 Å². The van der Waals surface area contributed by atoms with Crippen LogP contribution >= 0.6 is 0 Å². The van der Waals surface area contributed by atoms with E-state index in [4.69, 9.17) is 4.74 Å². The van der Waals surface area contributed by atoms with Gasteiger partial charge in [0.25, 0.3) is 0 Å². The Morgan fingerprint density at radius 3 is 3.00 bits per heavy atom. The fraction of sp³-hybridized carbons (Fsp3) is 0.700. The van der Waals surface area contributed by atoms with E-state index in [9.17, 15) is 10.1 Å². The molecule has 0 atom stereocenters. The maximum absolute atomic E-state index is 10.8. The minimum absolute atomic E-state index is 0.0274. The molecular formula is C10H16N4O3. The third-order valence-electron chi connectivity index (χ3n) is 2.91. The molecule has 0 unspecified atom stereocenters. The fourth-order valence-corrected chi connectivity index (χ4v) is 1.93. The Balaban J connectivity index is 1.95. The average Bonchev–Trinajstić information content (AvgIpc) is 2.69. The summed E-state index contributed by atoms with van der Waals surface area (Å²) in [5.74, 6) is 0.856. The van der Waals surface area contributed by atoms with Crippen LogP contribution in [-0.4, -0.2) is 34.5 Å². The van der Waals surface area contributed by atoms with Crippen molar-refractivity contribution in [2.24, 2.45) is 13.0 Å². The maximum atomic E-state index is 10.8. The van der Waals surface area contributed by atoms with E-state index in [2.05, 4.69) is 10.4 Å². The summed E-state index contributed by atoms with van der Waals surface area (Å²) in [6, 6.07) is 0. The van der Waals surface area contributed by atoms with Crippen molar-refractivity contribution in [3.8, 4) is 0 Å². The van der Waals surface area contributed by atoms with Gasteiger partial charge in [0, 0.05) is 26.8 Å². The number of aryl methyl sites for hydroxylation is 1. The van der Waals surface area contributed by atoms with Crippen LogP contribution in [0, 0.1) is 16.0 Å². The number of hydrogen-bond acceptors (Lipinski definition) is 5. The van der Waals surface area contributed by atoms with Crippen molar-refractivity contribution in [1.82, 2.24) is 9.78 Å². The number of rotatable bonds is 4. The molecule has 17 heavy (non-hydrogen) atoms. The first-order valence-electron chi connectivity index (χ1n) is 5.66. The Labute approximate surface area is 98.9 Å². The predicted octanol–water partition coefficient (Wildman–Crippen LogP) is 1.17. The summed E-state index contributed by atoms with van der Waals surface area (Å²) in [5.41, 5.74) is 0.0274. The minimum Gasteiger partial charge on any atom is -0.381 e. The van der Waals surface area contributed by atoms with Crippen molar-refractivity contribution in [2.45, 2.75) is 12.8 Å². The Hall–Kier alpha value is -1.63. The molecule has 1 saturated heterocycles. The lowest BCUT2D eigenvalue weighted by Crippen LogP contribution is -2.23. The monoisotopic (exact) mass is 240 g/mol. The Morgan fingerprint density at radius 1 is 1.65 bits per heavy atom. The lowest BCUT2D eigenvalue weighted by Gasteiger charge is -2.21. The van der Waals surface area contributed by atoms with E-state index in [0.717, 1.165) is 26.1 Å². The third kappa shape index (κ3) is 2.94. The molecule has 0 aromatic carbocycles. The van der Waals surface area contributed by atoms with Crippen LogP contribution in [0.5, 0.6) is 0 Å². The van der Waals surface area contributed by atoms with Crippen LogP contribution in [0.1, 0.15) is 12.8 Å². The molecule has 0 bridgehead atoms. The fourth-order valence-electron chi connectivity index (χ4n) is 1.93. The molecule has 1 aliphatic rings. The number of aromatic nitrogens is 2. The lowest BCUT2D eigenvalue weighted by molar-refractivity contribution is -0.384. The molecule has 0 spiro atoms. The number of nitrogens with zero attached hydrogens (tertiary/aromatic N) is 3. The highest BCUT2D eigenvalue weighted by Gasteiger charge is 2.20. The molecule has 0 aliphatic carbocycles. The molecular weight excluding hydrogens is 224 g/mol. The van der Waals surface area contributed by atoms with Crippen molar-refractivity contribution in [2.75, 3.05) is 25.1 Å². The van der Waals surface area contributed by atoms with E-state index in [-0.39, 0.29) is 5.69 Å². The summed E-state index contributed by atoms with van der Waals surface area (Å²) in [6.45, 7) is 2.26. The summed E-state index contributed by atoms with van der Waals surface area (Å²) >= 11 is 0. The molecule has 1 N–H and O–H groups in total. The van der Waals surface area contributed by atoms with E-state index in [1.807, 2.05) is 0 Å². The first kappa shape index (κ1) is 11.8. The van der Waals surface area contributed by atoms with E-state index < -0.39 is 4.92 Å². The topological polar surface area (TPSA) is 82.2 Å². The minimum atomic E-state index is -0.417. The number of anilines is 1. The van der Waals surface area contributed by atoms with Crippen LogP contribution in [0.4, 0.5) is 11.5 Å². The molecule has 0 saturated carbocycles. The number of ether oxygens (including phenoxy) is 1. The van der Waals surface area contributed by atoms with Gasteiger partial charge in [-0.3, -0.25) is 14.8 Å². The van der Waals surface area contributed by atoms with Gasteiger partial charge in [0.1, 0.15) is 6.20 Å². The van der Waals surface area contributed by atoms with Gasteiger partial charge < -0.3 is 10.1 Å². The second-order valence-corrected chi connectivity index (χ2v) is 4.23.